The Morgan fingerprint density at radius 3 is 2.32 bits per heavy atom. The number of nitrogens with one attached hydrogen (secondary N) is 3. The Hall–Kier alpha value is -3.12. The number of hydrogen-bond donors (Lipinski definition) is 3. The SMILES string of the molecule is Cc1ccc(NC(=O)CNc2ccccc2C(=O)Nc2ccccc2)c(Br)c1. The Morgan fingerprint density at radius 2 is 1.57 bits per heavy atom. The zero-order valence-electron chi connectivity index (χ0n) is 15.3. The predicted molar refractivity (Wildman–Crippen MR) is 117 cm³/mol. The van der Waals surface area contributed by atoms with E-state index in [0.29, 0.717) is 22.6 Å². The van der Waals surface area contributed by atoms with Crippen molar-refractivity contribution in [3.8, 4) is 0 Å². The molecular weight excluding hydrogens is 418 g/mol. The van der Waals surface area contributed by atoms with Gasteiger partial charge >= 0.3 is 0 Å². The molecule has 3 rings (SSSR count). The molecule has 0 aliphatic heterocycles. The Labute approximate surface area is 172 Å². The van der Waals surface area contributed by atoms with Crippen LogP contribution in [0.25, 0.3) is 0 Å². The molecule has 0 aromatic heterocycles. The van der Waals surface area contributed by atoms with Crippen molar-refractivity contribution in [1.82, 2.24) is 0 Å². The molecule has 0 saturated heterocycles. The van der Waals surface area contributed by atoms with Crippen LogP contribution in [0.15, 0.2) is 77.3 Å². The van der Waals surface area contributed by atoms with Crippen molar-refractivity contribution in [2.75, 3.05) is 22.5 Å². The highest BCUT2D eigenvalue weighted by molar-refractivity contribution is 9.10. The molecule has 0 aliphatic carbocycles. The number of carbonyl (C=O) groups excluding carboxylic acids is 2. The molecule has 0 radical (unpaired) electrons. The van der Waals surface area contributed by atoms with Crippen LogP contribution in [0.2, 0.25) is 0 Å². The Bertz CT molecular complexity index is 990. The van der Waals surface area contributed by atoms with Gasteiger partial charge < -0.3 is 16.0 Å². The molecule has 0 atom stereocenters. The van der Waals surface area contributed by atoms with Gasteiger partial charge in [-0.15, -0.1) is 0 Å². The maximum Gasteiger partial charge on any atom is 0.257 e. The van der Waals surface area contributed by atoms with Gasteiger partial charge in [0.2, 0.25) is 5.91 Å². The molecule has 142 valence electrons. The van der Waals surface area contributed by atoms with Crippen molar-refractivity contribution < 1.29 is 9.59 Å². The normalized spacial score (nSPS) is 10.2. The predicted octanol–water partition coefficient (Wildman–Crippen LogP) is 5.06. The Kier molecular flexibility index (Phi) is 6.45. The Morgan fingerprint density at radius 1 is 0.857 bits per heavy atom. The number of rotatable bonds is 6. The van der Waals surface area contributed by atoms with Crippen LogP contribution in [0.1, 0.15) is 15.9 Å². The molecule has 0 aliphatic rings. The second kappa shape index (κ2) is 9.19. The van der Waals surface area contributed by atoms with E-state index in [1.165, 1.54) is 0 Å². The molecular formula is C22H20BrN3O2. The first-order valence-electron chi connectivity index (χ1n) is 8.78. The van der Waals surface area contributed by atoms with Gasteiger partial charge in [-0.2, -0.15) is 0 Å². The van der Waals surface area contributed by atoms with E-state index in [-0.39, 0.29) is 18.4 Å². The van der Waals surface area contributed by atoms with E-state index in [9.17, 15) is 9.59 Å². The van der Waals surface area contributed by atoms with Crippen molar-refractivity contribution in [3.05, 3.63) is 88.4 Å². The lowest BCUT2D eigenvalue weighted by Crippen LogP contribution is -2.23. The van der Waals surface area contributed by atoms with Gasteiger partial charge in [0.25, 0.3) is 5.91 Å². The topological polar surface area (TPSA) is 70.2 Å². The van der Waals surface area contributed by atoms with Gasteiger partial charge in [0.15, 0.2) is 0 Å². The molecule has 3 aromatic carbocycles. The van der Waals surface area contributed by atoms with Crippen LogP contribution in [-0.2, 0) is 4.79 Å². The van der Waals surface area contributed by atoms with Crippen LogP contribution in [0.3, 0.4) is 0 Å². The maximum absolute atomic E-state index is 12.6. The summed E-state index contributed by atoms with van der Waals surface area (Å²) in [5.74, 6) is -0.446. The molecule has 0 fully saturated rings. The van der Waals surface area contributed by atoms with Crippen LogP contribution in [0.4, 0.5) is 17.1 Å². The fourth-order valence-electron chi connectivity index (χ4n) is 2.65. The summed E-state index contributed by atoms with van der Waals surface area (Å²) >= 11 is 3.45. The summed E-state index contributed by atoms with van der Waals surface area (Å²) in [6.45, 7) is 2.02. The summed E-state index contributed by atoms with van der Waals surface area (Å²) < 4.78 is 0.823. The highest BCUT2D eigenvalue weighted by Gasteiger charge is 2.12. The van der Waals surface area contributed by atoms with Crippen molar-refractivity contribution in [1.29, 1.82) is 0 Å². The minimum Gasteiger partial charge on any atom is -0.376 e. The van der Waals surface area contributed by atoms with Gasteiger partial charge in [-0.3, -0.25) is 9.59 Å². The minimum atomic E-state index is -0.240. The van der Waals surface area contributed by atoms with Crippen molar-refractivity contribution >= 4 is 44.8 Å². The molecule has 0 saturated carbocycles. The van der Waals surface area contributed by atoms with E-state index in [1.807, 2.05) is 61.5 Å². The van der Waals surface area contributed by atoms with E-state index in [1.54, 1.807) is 18.2 Å². The van der Waals surface area contributed by atoms with Crippen LogP contribution >= 0.6 is 15.9 Å². The monoisotopic (exact) mass is 437 g/mol. The third kappa shape index (κ3) is 5.20. The van der Waals surface area contributed by atoms with Gasteiger partial charge in [-0.1, -0.05) is 36.4 Å². The molecule has 3 aromatic rings. The number of carbonyl (C=O) groups is 2. The summed E-state index contributed by atoms with van der Waals surface area (Å²) in [7, 11) is 0. The van der Waals surface area contributed by atoms with Crippen molar-refractivity contribution in [3.63, 3.8) is 0 Å². The number of aryl methyl sites for hydroxylation is 1. The van der Waals surface area contributed by atoms with E-state index < -0.39 is 0 Å². The van der Waals surface area contributed by atoms with Gasteiger partial charge in [-0.05, 0) is 64.8 Å². The largest absolute Gasteiger partial charge is 0.376 e. The smallest absolute Gasteiger partial charge is 0.257 e. The lowest BCUT2D eigenvalue weighted by atomic mass is 10.1. The molecule has 0 unspecified atom stereocenters. The summed E-state index contributed by atoms with van der Waals surface area (Å²) in [4.78, 5) is 24.9. The summed E-state index contributed by atoms with van der Waals surface area (Å²) in [6.07, 6.45) is 0. The van der Waals surface area contributed by atoms with E-state index in [4.69, 9.17) is 0 Å². The van der Waals surface area contributed by atoms with Gasteiger partial charge in [0, 0.05) is 15.8 Å². The number of para-hydroxylation sites is 2. The van der Waals surface area contributed by atoms with E-state index in [2.05, 4.69) is 31.9 Å². The first kappa shape index (κ1) is 19.6. The first-order chi connectivity index (χ1) is 13.5. The van der Waals surface area contributed by atoms with Crippen LogP contribution in [-0.4, -0.2) is 18.4 Å². The van der Waals surface area contributed by atoms with Gasteiger partial charge in [-0.25, -0.2) is 0 Å². The molecule has 6 heteroatoms. The Balaban J connectivity index is 1.64. The molecule has 0 bridgehead atoms. The summed E-state index contributed by atoms with van der Waals surface area (Å²) in [5.41, 5.74) is 3.57. The highest BCUT2D eigenvalue weighted by Crippen LogP contribution is 2.23. The molecule has 0 spiro atoms. The second-order valence-electron chi connectivity index (χ2n) is 6.25. The van der Waals surface area contributed by atoms with Crippen LogP contribution in [0.5, 0.6) is 0 Å². The quantitative estimate of drug-likeness (QED) is 0.504. The fraction of sp³-hybridized carbons (Fsp3) is 0.0909. The number of halogens is 1. The first-order valence-corrected chi connectivity index (χ1v) is 9.57. The average molecular weight is 438 g/mol. The molecule has 3 N–H and O–H groups in total. The lowest BCUT2D eigenvalue weighted by Gasteiger charge is -2.13. The zero-order chi connectivity index (χ0) is 19.9. The molecule has 0 heterocycles. The van der Waals surface area contributed by atoms with Gasteiger partial charge in [0.05, 0.1) is 17.8 Å². The fourth-order valence-corrected chi connectivity index (χ4v) is 3.24. The van der Waals surface area contributed by atoms with Crippen molar-refractivity contribution in [2.24, 2.45) is 0 Å². The molecule has 28 heavy (non-hydrogen) atoms. The second-order valence-corrected chi connectivity index (χ2v) is 7.11. The standard InChI is InChI=1S/C22H20BrN3O2/c1-15-11-12-20(18(23)13-15)26-21(27)14-24-19-10-6-5-9-17(19)22(28)25-16-7-3-2-4-8-16/h2-13,24H,14H2,1H3,(H,25,28)(H,26,27). The number of anilines is 3. The summed E-state index contributed by atoms with van der Waals surface area (Å²) in [6, 6.07) is 22.0. The average Bonchev–Trinajstić information content (AvgIpc) is 2.69. The maximum atomic E-state index is 12.6. The molecule has 5 nitrogen and oxygen atoms in total. The minimum absolute atomic E-state index is 0.0376. The van der Waals surface area contributed by atoms with Crippen LogP contribution in [0, 0.1) is 6.92 Å². The number of benzene rings is 3. The van der Waals surface area contributed by atoms with Crippen LogP contribution < -0.4 is 16.0 Å². The van der Waals surface area contributed by atoms with Gasteiger partial charge in [0.1, 0.15) is 0 Å². The third-order valence-electron chi connectivity index (χ3n) is 4.04. The van der Waals surface area contributed by atoms with E-state index >= 15 is 0 Å². The lowest BCUT2D eigenvalue weighted by molar-refractivity contribution is -0.114. The number of amides is 2. The highest BCUT2D eigenvalue weighted by atomic mass is 79.9. The third-order valence-corrected chi connectivity index (χ3v) is 4.70. The van der Waals surface area contributed by atoms with E-state index in [0.717, 1.165) is 10.0 Å². The van der Waals surface area contributed by atoms with Crippen molar-refractivity contribution in [2.45, 2.75) is 6.92 Å². The molecule has 2 amide bonds. The summed E-state index contributed by atoms with van der Waals surface area (Å²) in [5, 5.41) is 8.74. The number of hydrogen-bond acceptors (Lipinski definition) is 3. The zero-order valence-corrected chi connectivity index (χ0v) is 16.9.